The smallest absolute Gasteiger partial charge is 0.321 e. The summed E-state index contributed by atoms with van der Waals surface area (Å²) in [4.78, 5) is 12.6. The van der Waals surface area contributed by atoms with Gasteiger partial charge in [0.1, 0.15) is 0 Å². The highest BCUT2D eigenvalue weighted by Crippen LogP contribution is 2.69. The third-order valence-electron chi connectivity index (χ3n) is 13.0. The molecule has 0 saturated heterocycles. The van der Waals surface area contributed by atoms with Crippen molar-refractivity contribution in [3.8, 4) is 11.5 Å². The van der Waals surface area contributed by atoms with E-state index < -0.39 is 21.6 Å². The maximum atomic E-state index is 12.9. The van der Waals surface area contributed by atoms with Crippen LogP contribution in [-0.4, -0.2) is 63.4 Å². The van der Waals surface area contributed by atoms with Crippen molar-refractivity contribution in [3.63, 3.8) is 0 Å². The molecule has 0 unspecified atom stereocenters. The van der Waals surface area contributed by atoms with Crippen LogP contribution >= 0.6 is 0 Å². The lowest BCUT2D eigenvalue weighted by Crippen LogP contribution is -2.62. The molecule has 2 N–H and O–H groups in total. The first-order valence-corrected chi connectivity index (χ1v) is 18.4. The molecule has 0 aliphatic heterocycles. The summed E-state index contributed by atoms with van der Waals surface area (Å²) in [5.74, 6) is 1.89. The first-order chi connectivity index (χ1) is 20.8. The molecule has 0 aromatic heterocycles. The molecule has 0 radical (unpaired) electrons. The molecule has 0 spiro atoms. The number of hydrogen-bond donors (Lipinski definition) is 2. The topological polar surface area (TPSA) is 119 Å². The van der Waals surface area contributed by atoms with E-state index in [0.29, 0.717) is 47.7 Å². The van der Waals surface area contributed by atoms with Crippen LogP contribution in [0.15, 0.2) is 23.1 Å². The fourth-order valence-electron chi connectivity index (χ4n) is 10.8. The Hall–Kier alpha value is -1.84. The number of ether oxygens (including phenoxy) is 3. The van der Waals surface area contributed by atoms with Gasteiger partial charge in [-0.3, -0.25) is 4.79 Å². The van der Waals surface area contributed by atoms with Crippen molar-refractivity contribution in [2.24, 2.45) is 52.3 Å². The first kappa shape index (κ1) is 33.5. The van der Waals surface area contributed by atoms with Crippen LogP contribution < -0.4 is 9.47 Å². The third-order valence-corrected chi connectivity index (χ3v) is 14.6. The van der Waals surface area contributed by atoms with Gasteiger partial charge in [-0.15, -0.1) is 0 Å². The molecule has 248 valence electrons. The van der Waals surface area contributed by atoms with Crippen LogP contribution in [0.25, 0.3) is 0 Å². The number of methoxy groups -OCH3 is 2. The molecule has 4 fully saturated rings. The van der Waals surface area contributed by atoms with Crippen molar-refractivity contribution in [1.29, 1.82) is 0 Å². The van der Waals surface area contributed by atoms with Gasteiger partial charge >= 0.3 is 5.97 Å². The molecular weight excluding hydrogens is 580 g/mol. The number of sulfone groups is 1. The molecule has 0 bridgehead atoms. The van der Waals surface area contributed by atoms with E-state index in [1.54, 1.807) is 0 Å². The van der Waals surface area contributed by atoms with Gasteiger partial charge in [-0.25, -0.2) is 8.42 Å². The second kappa shape index (κ2) is 12.7. The largest absolute Gasteiger partial charge is 0.493 e. The predicted molar refractivity (Wildman–Crippen MR) is 168 cm³/mol. The van der Waals surface area contributed by atoms with Crippen LogP contribution in [0.3, 0.4) is 0 Å². The lowest BCUT2D eigenvalue weighted by molar-refractivity contribution is -0.203. The summed E-state index contributed by atoms with van der Waals surface area (Å²) in [6, 6.07) is 4.27. The molecule has 4 saturated carbocycles. The van der Waals surface area contributed by atoms with Crippen molar-refractivity contribution >= 4 is 15.8 Å². The average molecular weight is 635 g/mol. The number of carbonyl (C=O) groups is 1. The minimum absolute atomic E-state index is 0.0132. The number of rotatable bonds is 10. The van der Waals surface area contributed by atoms with Gasteiger partial charge in [0, 0.05) is 6.07 Å². The zero-order valence-electron chi connectivity index (χ0n) is 27.5. The Morgan fingerprint density at radius 2 is 1.66 bits per heavy atom. The fourth-order valence-corrected chi connectivity index (χ4v) is 11.9. The molecular formula is C35H54O8S. The molecule has 8 nitrogen and oxygen atoms in total. The Kier molecular flexibility index (Phi) is 9.71. The van der Waals surface area contributed by atoms with Gasteiger partial charge in [0.2, 0.25) is 0 Å². The van der Waals surface area contributed by atoms with Crippen molar-refractivity contribution in [2.75, 3.05) is 26.6 Å². The van der Waals surface area contributed by atoms with Crippen LogP contribution in [0.2, 0.25) is 0 Å². The van der Waals surface area contributed by atoms with Crippen molar-refractivity contribution < 1.29 is 37.6 Å². The maximum absolute atomic E-state index is 12.9. The standard InChI is InChI=1S/C35H54O8S/c1-7-24-28-18-22(36)12-15-35(28,4)27-13-16-34(3)25(9-10-26(34)32(27)33(24)38)21(2)14-17-43-31(37)20-44(39,40)23-8-11-29(41-5)30(19-23)42-6/h8,11,19,21-22,24-28,32-33,36,38H,7,9-10,12-18,20H2,1-6H3/t21-,22-,24-,25-,26+,27+,28+,32+,33-,34-,35-/m1/s1. The Balaban J connectivity index is 1.20. The maximum Gasteiger partial charge on any atom is 0.321 e. The fraction of sp³-hybridized carbons (Fsp3) is 0.800. The highest BCUT2D eigenvalue weighted by Gasteiger charge is 2.64. The lowest BCUT2D eigenvalue weighted by atomic mass is 9.41. The Morgan fingerprint density at radius 1 is 0.977 bits per heavy atom. The number of fused-ring (bicyclic) bond motifs is 5. The Morgan fingerprint density at radius 3 is 2.34 bits per heavy atom. The number of hydrogen-bond acceptors (Lipinski definition) is 8. The Labute approximate surface area is 264 Å². The minimum Gasteiger partial charge on any atom is -0.493 e. The molecule has 4 aliphatic carbocycles. The van der Waals surface area contributed by atoms with E-state index in [9.17, 15) is 23.4 Å². The van der Waals surface area contributed by atoms with E-state index in [1.807, 2.05) is 0 Å². The summed E-state index contributed by atoms with van der Waals surface area (Å²) >= 11 is 0. The molecule has 5 rings (SSSR count). The average Bonchev–Trinajstić information content (AvgIpc) is 3.34. The van der Waals surface area contributed by atoms with Gasteiger partial charge in [-0.05, 0) is 116 Å². The van der Waals surface area contributed by atoms with Crippen LogP contribution in [0.4, 0.5) is 0 Å². The van der Waals surface area contributed by atoms with E-state index in [-0.39, 0.29) is 46.2 Å². The summed E-state index contributed by atoms with van der Waals surface area (Å²) in [6.45, 7) is 9.54. The van der Waals surface area contributed by atoms with Crippen LogP contribution in [0, 0.1) is 52.3 Å². The van der Waals surface area contributed by atoms with Crippen molar-refractivity contribution in [1.82, 2.24) is 0 Å². The summed E-state index contributed by atoms with van der Waals surface area (Å²) in [5.41, 5.74) is 0.304. The molecule has 9 heteroatoms. The number of aliphatic hydroxyl groups is 2. The Bertz CT molecular complexity index is 1300. The summed E-state index contributed by atoms with van der Waals surface area (Å²) < 4.78 is 41.7. The highest BCUT2D eigenvalue weighted by atomic mass is 32.2. The predicted octanol–water partition coefficient (Wildman–Crippen LogP) is 5.67. The second-order valence-electron chi connectivity index (χ2n) is 14.9. The number of esters is 1. The molecule has 11 atom stereocenters. The zero-order chi connectivity index (χ0) is 32.0. The quantitative estimate of drug-likeness (QED) is 0.316. The monoisotopic (exact) mass is 634 g/mol. The highest BCUT2D eigenvalue weighted by molar-refractivity contribution is 7.92. The second-order valence-corrected chi connectivity index (χ2v) is 16.9. The van der Waals surface area contributed by atoms with Crippen molar-refractivity contribution in [3.05, 3.63) is 18.2 Å². The first-order valence-electron chi connectivity index (χ1n) is 16.8. The van der Waals surface area contributed by atoms with Gasteiger partial charge in [0.25, 0.3) is 0 Å². The van der Waals surface area contributed by atoms with Gasteiger partial charge < -0.3 is 24.4 Å². The van der Waals surface area contributed by atoms with Crippen molar-refractivity contribution in [2.45, 2.75) is 103 Å². The molecule has 1 aromatic carbocycles. The van der Waals surface area contributed by atoms with E-state index in [0.717, 1.165) is 51.4 Å². The van der Waals surface area contributed by atoms with Gasteiger partial charge in [-0.1, -0.05) is 34.1 Å². The van der Waals surface area contributed by atoms with Gasteiger partial charge in [0.05, 0.1) is 37.9 Å². The summed E-state index contributed by atoms with van der Waals surface area (Å²) in [6.07, 6.45) is 8.32. The molecule has 0 amide bonds. The van der Waals surface area contributed by atoms with Gasteiger partial charge in [0.15, 0.2) is 27.1 Å². The number of aliphatic hydroxyl groups excluding tert-OH is 2. The normalized spacial score (nSPS) is 39.0. The lowest BCUT2D eigenvalue weighted by Gasteiger charge is -2.64. The zero-order valence-corrected chi connectivity index (χ0v) is 28.3. The number of benzene rings is 1. The molecule has 0 heterocycles. The molecule has 1 aromatic rings. The molecule has 4 aliphatic rings. The van der Waals surface area contributed by atoms with Crippen LogP contribution in [0.5, 0.6) is 11.5 Å². The van der Waals surface area contributed by atoms with Crippen LogP contribution in [0.1, 0.15) is 85.5 Å². The van der Waals surface area contributed by atoms with E-state index in [2.05, 4.69) is 27.7 Å². The molecule has 44 heavy (non-hydrogen) atoms. The summed E-state index contributed by atoms with van der Waals surface area (Å²) in [5, 5.41) is 22.5. The SMILES string of the molecule is CC[C@H]1[C@@H](O)[C@@H]2[C@H](CC[C@]3(C)[C@@H]([C@H](C)CCOC(=O)CS(=O)(=O)c4ccc(OC)c(OC)c4)CC[C@@H]23)[C@@]2(C)CC[C@@H](O)C[C@@H]12. The van der Waals surface area contributed by atoms with E-state index >= 15 is 0 Å². The van der Waals surface area contributed by atoms with E-state index in [4.69, 9.17) is 14.2 Å². The van der Waals surface area contributed by atoms with Gasteiger partial charge in [-0.2, -0.15) is 0 Å². The third kappa shape index (κ3) is 5.79. The number of carbonyl (C=O) groups excluding carboxylic acids is 1. The van der Waals surface area contributed by atoms with E-state index in [1.165, 1.54) is 32.4 Å². The minimum atomic E-state index is -3.90. The van der Waals surface area contributed by atoms with Crippen LogP contribution in [-0.2, 0) is 19.4 Å². The summed E-state index contributed by atoms with van der Waals surface area (Å²) in [7, 11) is -0.993.